The molecule has 0 aliphatic carbocycles. The highest BCUT2D eigenvalue weighted by Crippen LogP contribution is 2.25. The highest BCUT2D eigenvalue weighted by Gasteiger charge is 2.17. The summed E-state index contributed by atoms with van der Waals surface area (Å²) in [6, 6.07) is 11.5. The van der Waals surface area contributed by atoms with Crippen LogP contribution in [0.2, 0.25) is 0 Å². The number of amides is 2. The second-order valence-electron chi connectivity index (χ2n) is 5.61. The molecule has 0 saturated carbocycles. The van der Waals surface area contributed by atoms with E-state index in [2.05, 4.69) is 26.8 Å². The monoisotopic (exact) mass is 420 g/mol. The molecule has 0 saturated heterocycles. The number of halogens is 1. The third-order valence-corrected chi connectivity index (χ3v) is 5.50. The van der Waals surface area contributed by atoms with E-state index < -0.39 is 5.91 Å². The van der Waals surface area contributed by atoms with E-state index in [1.54, 1.807) is 17.4 Å². The van der Waals surface area contributed by atoms with Crippen molar-refractivity contribution >= 4 is 50.1 Å². The molecule has 0 aliphatic heterocycles. The van der Waals surface area contributed by atoms with E-state index in [4.69, 9.17) is 4.42 Å². The van der Waals surface area contributed by atoms with Crippen LogP contribution in [0.1, 0.15) is 33.8 Å². The van der Waals surface area contributed by atoms with Crippen LogP contribution in [-0.2, 0) is 11.2 Å². The number of furan rings is 1. The maximum absolute atomic E-state index is 12.2. The topological polar surface area (TPSA) is 71.3 Å². The molecule has 2 heterocycles. The molecule has 0 unspecified atom stereocenters. The van der Waals surface area contributed by atoms with Crippen molar-refractivity contribution in [3.63, 3.8) is 0 Å². The largest absolute Gasteiger partial charge is 0.451 e. The molecule has 1 aromatic carbocycles. The zero-order chi connectivity index (χ0) is 17.8. The summed E-state index contributed by atoms with van der Waals surface area (Å²) in [5.74, 6) is -0.466. The lowest BCUT2D eigenvalue weighted by Gasteiger charge is -2.06. The Morgan fingerprint density at radius 2 is 1.96 bits per heavy atom. The second-order valence-corrected chi connectivity index (χ2v) is 8.16. The third kappa shape index (κ3) is 4.29. The van der Waals surface area contributed by atoms with Gasteiger partial charge >= 0.3 is 5.91 Å². The summed E-state index contributed by atoms with van der Waals surface area (Å²) in [7, 11) is 0. The molecule has 3 rings (SSSR count). The summed E-state index contributed by atoms with van der Waals surface area (Å²) < 4.78 is 6.65. The summed E-state index contributed by atoms with van der Waals surface area (Å²) in [6.07, 6.45) is 1.90. The number of nitrogens with one attached hydrogen (secondary N) is 2. The molecule has 0 atom stereocenters. The third-order valence-electron chi connectivity index (χ3n) is 3.82. The van der Waals surface area contributed by atoms with Gasteiger partial charge in [0.15, 0.2) is 5.76 Å². The van der Waals surface area contributed by atoms with Crippen molar-refractivity contribution in [1.29, 1.82) is 0 Å². The van der Waals surface area contributed by atoms with Crippen LogP contribution in [0.3, 0.4) is 0 Å². The van der Waals surface area contributed by atoms with Crippen molar-refractivity contribution in [2.24, 2.45) is 0 Å². The van der Waals surface area contributed by atoms with Gasteiger partial charge in [0.1, 0.15) is 5.58 Å². The number of carbonyl (C=O) groups is 2. The molecule has 2 aromatic heterocycles. The van der Waals surface area contributed by atoms with Gasteiger partial charge in [-0.1, -0.05) is 18.2 Å². The minimum absolute atomic E-state index is 0.213. The lowest BCUT2D eigenvalue weighted by atomic mass is 10.1. The van der Waals surface area contributed by atoms with Gasteiger partial charge in [-0.2, -0.15) is 0 Å². The highest BCUT2D eigenvalue weighted by atomic mass is 79.9. The summed E-state index contributed by atoms with van der Waals surface area (Å²) in [6.45, 7) is 1.82. The number of benzene rings is 1. The average Bonchev–Trinajstić information content (AvgIpc) is 3.17. The molecule has 3 aromatic rings. The summed E-state index contributed by atoms with van der Waals surface area (Å²) in [5, 5.41) is 0.890. The molecule has 7 heteroatoms. The molecule has 2 amide bonds. The molecular weight excluding hydrogens is 404 g/mol. The summed E-state index contributed by atoms with van der Waals surface area (Å²) in [5.41, 5.74) is 6.26. The Kier molecular flexibility index (Phi) is 5.55. The van der Waals surface area contributed by atoms with Crippen LogP contribution in [0, 0.1) is 6.92 Å². The standard InChI is InChI=1S/C18H17BrN2O3S/c1-11-13-6-2-3-7-14(13)24-17(11)18(23)21-20-16(22)8-4-5-12-9-10-15(19)25-12/h2-3,6-7,9-10H,4-5,8H2,1H3,(H,20,22)(H,21,23). The number of aryl methyl sites for hydroxylation is 2. The van der Waals surface area contributed by atoms with Crippen molar-refractivity contribution in [3.05, 3.63) is 56.4 Å². The van der Waals surface area contributed by atoms with E-state index in [-0.39, 0.29) is 11.7 Å². The number of para-hydroxylation sites is 1. The van der Waals surface area contributed by atoms with Gasteiger partial charge in [0, 0.05) is 22.2 Å². The average molecular weight is 421 g/mol. The number of thiophene rings is 1. The minimum Gasteiger partial charge on any atom is -0.451 e. The van der Waals surface area contributed by atoms with Crippen LogP contribution in [-0.4, -0.2) is 11.8 Å². The van der Waals surface area contributed by atoms with Gasteiger partial charge in [0.2, 0.25) is 5.91 Å². The van der Waals surface area contributed by atoms with Crippen LogP contribution in [0.15, 0.2) is 44.6 Å². The number of carbonyl (C=O) groups excluding carboxylic acids is 2. The smallest absolute Gasteiger partial charge is 0.305 e. The van der Waals surface area contributed by atoms with Crippen molar-refractivity contribution in [1.82, 2.24) is 10.9 Å². The van der Waals surface area contributed by atoms with Gasteiger partial charge in [0.05, 0.1) is 3.79 Å². The zero-order valence-corrected chi connectivity index (χ0v) is 16.0. The van der Waals surface area contributed by atoms with Gasteiger partial charge in [-0.05, 0) is 53.9 Å². The first-order chi connectivity index (χ1) is 12.0. The Morgan fingerprint density at radius 3 is 2.68 bits per heavy atom. The Balaban J connectivity index is 1.49. The van der Waals surface area contributed by atoms with Crippen molar-refractivity contribution in [2.75, 3.05) is 0 Å². The molecular formula is C18H17BrN2O3S. The van der Waals surface area contributed by atoms with E-state index in [0.717, 1.165) is 27.6 Å². The van der Waals surface area contributed by atoms with Gasteiger partial charge in [-0.15, -0.1) is 11.3 Å². The van der Waals surface area contributed by atoms with Gasteiger partial charge in [-0.25, -0.2) is 0 Å². The fourth-order valence-electron chi connectivity index (χ4n) is 2.55. The molecule has 0 aliphatic rings. The van der Waals surface area contributed by atoms with Crippen LogP contribution in [0.4, 0.5) is 0 Å². The Hall–Kier alpha value is -2.12. The lowest BCUT2D eigenvalue weighted by Crippen LogP contribution is -2.41. The minimum atomic E-state index is -0.454. The predicted octanol–water partition coefficient (Wildman–Crippen LogP) is 4.35. The van der Waals surface area contributed by atoms with Crippen LogP contribution in [0.5, 0.6) is 0 Å². The Bertz CT molecular complexity index is 916. The predicted molar refractivity (Wildman–Crippen MR) is 102 cm³/mol. The fourth-order valence-corrected chi connectivity index (χ4v) is 4.07. The van der Waals surface area contributed by atoms with Crippen molar-refractivity contribution < 1.29 is 14.0 Å². The lowest BCUT2D eigenvalue weighted by molar-refractivity contribution is -0.121. The number of hydrogen-bond acceptors (Lipinski definition) is 4. The zero-order valence-electron chi connectivity index (χ0n) is 13.6. The molecule has 0 radical (unpaired) electrons. The molecule has 0 bridgehead atoms. The van der Waals surface area contributed by atoms with Crippen LogP contribution in [0.25, 0.3) is 11.0 Å². The number of rotatable bonds is 5. The first-order valence-corrected chi connectivity index (χ1v) is 9.47. The fraction of sp³-hybridized carbons (Fsp3) is 0.222. The molecule has 130 valence electrons. The maximum Gasteiger partial charge on any atom is 0.305 e. The normalized spacial score (nSPS) is 10.8. The van der Waals surface area contributed by atoms with E-state index in [9.17, 15) is 9.59 Å². The van der Waals surface area contributed by atoms with Crippen LogP contribution >= 0.6 is 27.3 Å². The molecule has 0 fully saturated rings. The van der Waals surface area contributed by atoms with Crippen LogP contribution < -0.4 is 10.9 Å². The first kappa shape index (κ1) is 17.7. The highest BCUT2D eigenvalue weighted by molar-refractivity contribution is 9.11. The van der Waals surface area contributed by atoms with Gasteiger partial charge in [0.25, 0.3) is 0 Å². The Labute approximate surface area is 157 Å². The van der Waals surface area contributed by atoms with Gasteiger partial charge in [-0.3, -0.25) is 20.4 Å². The maximum atomic E-state index is 12.2. The summed E-state index contributed by atoms with van der Waals surface area (Å²) >= 11 is 5.08. The van der Waals surface area contributed by atoms with Crippen molar-refractivity contribution in [3.8, 4) is 0 Å². The quantitative estimate of drug-likeness (QED) is 0.602. The summed E-state index contributed by atoms with van der Waals surface area (Å²) in [4.78, 5) is 25.3. The SMILES string of the molecule is Cc1c(C(=O)NNC(=O)CCCc2ccc(Br)s2)oc2ccccc12. The molecule has 0 spiro atoms. The van der Waals surface area contributed by atoms with E-state index >= 15 is 0 Å². The first-order valence-electron chi connectivity index (χ1n) is 7.86. The Morgan fingerprint density at radius 1 is 1.16 bits per heavy atom. The number of hydrazine groups is 1. The van der Waals surface area contributed by atoms with Gasteiger partial charge < -0.3 is 4.42 Å². The second kappa shape index (κ2) is 7.84. The number of hydrogen-bond donors (Lipinski definition) is 2. The number of fused-ring (bicyclic) bond motifs is 1. The van der Waals surface area contributed by atoms with E-state index in [1.165, 1.54) is 4.88 Å². The molecule has 2 N–H and O–H groups in total. The molecule has 5 nitrogen and oxygen atoms in total. The van der Waals surface area contributed by atoms with Crippen molar-refractivity contribution in [2.45, 2.75) is 26.2 Å². The van der Waals surface area contributed by atoms with E-state index in [0.29, 0.717) is 12.0 Å². The molecule has 25 heavy (non-hydrogen) atoms. The van der Waals surface area contributed by atoms with E-state index in [1.807, 2.05) is 37.3 Å².